The Morgan fingerprint density at radius 3 is 2.71 bits per heavy atom. The molecule has 24 heavy (non-hydrogen) atoms. The van der Waals surface area contributed by atoms with E-state index in [-0.39, 0.29) is 35.9 Å². The number of carbonyl (C=O) groups excluding carboxylic acids is 1. The molecule has 1 saturated heterocycles. The van der Waals surface area contributed by atoms with Crippen LogP contribution in [0.25, 0.3) is 0 Å². The monoisotopic (exact) mass is 329 g/mol. The fraction of sp³-hybridized carbons (Fsp3) is 0.235. The molecule has 2 heterocycles. The van der Waals surface area contributed by atoms with Gasteiger partial charge in [-0.2, -0.15) is 5.26 Å². The van der Waals surface area contributed by atoms with E-state index in [9.17, 15) is 13.6 Å². The maximum atomic E-state index is 14.2. The fourth-order valence-electron chi connectivity index (χ4n) is 2.90. The number of halogens is 2. The summed E-state index contributed by atoms with van der Waals surface area (Å²) in [6.07, 6.45) is 1.41. The number of amides is 1. The summed E-state index contributed by atoms with van der Waals surface area (Å²) >= 11 is 0. The van der Waals surface area contributed by atoms with Gasteiger partial charge in [0.2, 0.25) is 5.91 Å². The number of nitriles is 1. The molecule has 1 amide bonds. The predicted molar refractivity (Wildman–Crippen MR) is 81.6 cm³/mol. The standard InChI is InChI=1S/C17H13F2N3O2/c1-24-11-6-12(18)17(13(19)7-11)10-5-16(23)22(9-10)15-3-2-4-21-14(15)8-20/h2-4,6-7,10H,5,9H2,1H3. The van der Waals surface area contributed by atoms with Crippen LogP contribution in [0.1, 0.15) is 23.6 Å². The first kappa shape index (κ1) is 15.9. The van der Waals surface area contributed by atoms with Gasteiger partial charge in [-0.3, -0.25) is 4.79 Å². The zero-order chi connectivity index (χ0) is 17.3. The third kappa shape index (κ3) is 2.67. The average molecular weight is 329 g/mol. The molecule has 0 aliphatic carbocycles. The normalized spacial score (nSPS) is 17.0. The Labute approximate surface area is 137 Å². The third-order valence-electron chi connectivity index (χ3n) is 4.00. The van der Waals surface area contributed by atoms with Crippen LogP contribution in [0.3, 0.4) is 0 Å². The van der Waals surface area contributed by atoms with Crippen LogP contribution < -0.4 is 9.64 Å². The molecule has 0 N–H and O–H groups in total. The lowest BCUT2D eigenvalue weighted by Crippen LogP contribution is -2.25. The van der Waals surface area contributed by atoms with E-state index in [1.807, 2.05) is 6.07 Å². The molecule has 0 saturated carbocycles. The van der Waals surface area contributed by atoms with Crippen molar-refractivity contribution < 1.29 is 18.3 Å². The minimum Gasteiger partial charge on any atom is -0.497 e. The van der Waals surface area contributed by atoms with E-state index in [1.165, 1.54) is 18.2 Å². The first-order valence-corrected chi connectivity index (χ1v) is 7.23. The van der Waals surface area contributed by atoms with Crippen molar-refractivity contribution >= 4 is 11.6 Å². The van der Waals surface area contributed by atoms with Crippen LogP contribution in [-0.4, -0.2) is 24.5 Å². The summed E-state index contributed by atoms with van der Waals surface area (Å²) in [4.78, 5) is 17.6. The molecular formula is C17H13F2N3O2. The summed E-state index contributed by atoms with van der Waals surface area (Å²) in [6.45, 7) is 0.0827. The Morgan fingerprint density at radius 2 is 2.08 bits per heavy atom. The lowest BCUT2D eigenvalue weighted by molar-refractivity contribution is -0.117. The molecule has 5 nitrogen and oxygen atoms in total. The average Bonchev–Trinajstić information content (AvgIpc) is 2.95. The number of pyridine rings is 1. The summed E-state index contributed by atoms with van der Waals surface area (Å²) in [7, 11) is 1.32. The van der Waals surface area contributed by atoms with Gasteiger partial charge < -0.3 is 9.64 Å². The molecule has 1 aromatic carbocycles. The van der Waals surface area contributed by atoms with Crippen LogP contribution in [0, 0.1) is 23.0 Å². The molecule has 1 atom stereocenters. The highest BCUT2D eigenvalue weighted by Gasteiger charge is 2.36. The second-order valence-electron chi connectivity index (χ2n) is 5.39. The van der Waals surface area contributed by atoms with Crippen molar-refractivity contribution in [3.8, 4) is 11.8 Å². The molecule has 1 aliphatic heterocycles. The minimum atomic E-state index is -0.752. The van der Waals surface area contributed by atoms with Crippen LogP contribution in [0.5, 0.6) is 5.75 Å². The van der Waals surface area contributed by atoms with E-state index in [2.05, 4.69) is 4.98 Å². The molecule has 122 valence electrons. The molecule has 1 aromatic heterocycles. The minimum absolute atomic E-state index is 0.0417. The van der Waals surface area contributed by atoms with E-state index in [1.54, 1.807) is 12.1 Å². The van der Waals surface area contributed by atoms with Crippen molar-refractivity contribution in [3.05, 3.63) is 53.4 Å². The van der Waals surface area contributed by atoms with Gasteiger partial charge in [-0.05, 0) is 12.1 Å². The summed E-state index contributed by atoms with van der Waals surface area (Å²) in [5.41, 5.74) is 0.304. The summed E-state index contributed by atoms with van der Waals surface area (Å²) < 4.78 is 33.3. The van der Waals surface area contributed by atoms with Crippen LogP contribution in [0.4, 0.5) is 14.5 Å². The van der Waals surface area contributed by atoms with Crippen molar-refractivity contribution in [1.82, 2.24) is 4.98 Å². The van der Waals surface area contributed by atoms with Crippen molar-refractivity contribution in [2.45, 2.75) is 12.3 Å². The highest BCUT2D eigenvalue weighted by atomic mass is 19.1. The molecule has 1 unspecified atom stereocenters. The molecular weight excluding hydrogens is 316 g/mol. The SMILES string of the molecule is COc1cc(F)c(C2CC(=O)N(c3cccnc3C#N)C2)c(F)c1. The molecule has 0 bridgehead atoms. The fourth-order valence-corrected chi connectivity index (χ4v) is 2.90. The van der Waals surface area contributed by atoms with Gasteiger partial charge in [0.25, 0.3) is 0 Å². The van der Waals surface area contributed by atoms with E-state index >= 15 is 0 Å². The highest BCUT2D eigenvalue weighted by Crippen LogP contribution is 2.36. The molecule has 0 radical (unpaired) electrons. The third-order valence-corrected chi connectivity index (χ3v) is 4.00. The van der Waals surface area contributed by atoms with E-state index in [0.717, 1.165) is 12.1 Å². The largest absolute Gasteiger partial charge is 0.497 e. The van der Waals surface area contributed by atoms with E-state index in [4.69, 9.17) is 10.00 Å². The van der Waals surface area contributed by atoms with Gasteiger partial charge in [-0.1, -0.05) is 0 Å². The van der Waals surface area contributed by atoms with Crippen LogP contribution in [0.2, 0.25) is 0 Å². The number of hydrogen-bond acceptors (Lipinski definition) is 4. The Bertz CT molecular complexity index is 825. The number of methoxy groups -OCH3 is 1. The number of aromatic nitrogens is 1. The maximum absolute atomic E-state index is 14.2. The summed E-state index contributed by atoms with van der Waals surface area (Å²) in [6, 6.07) is 7.30. The smallest absolute Gasteiger partial charge is 0.227 e. The quantitative estimate of drug-likeness (QED) is 0.868. The molecule has 3 rings (SSSR count). The van der Waals surface area contributed by atoms with Crippen molar-refractivity contribution in [2.24, 2.45) is 0 Å². The second-order valence-corrected chi connectivity index (χ2v) is 5.39. The highest BCUT2D eigenvalue weighted by molar-refractivity contribution is 5.97. The van der Waals surface area contributed by atoms with Gasteiger partial charge in [0.05, 0.1) is 12.8 Å². The summed E-state index contributed by atoms with van der Waals surface area (Å²) in [5.74, 6) is -2.38. The molecule has 1 aliphatic rings. The number of carbonyl (C=O) groups is 1. The van der Waals surface area contributed by atoms with E-state index in [0.29, 0.717) is 5.69 Å². The van der Waals surface area contributed by atoms with Gasteiger partial charge in [0, 0.05) is 42.8 Å². The molecule has 1 fully saturated rings. The molecule has 2 aromatic rings. The van der Waals surface area contributed by atoms with Crippen LogP contribution in [-0.2, 0) is 4.79 Å². The zero-order valence-electron chi connectivity index (χ0n) is 12.8. The van der Waals surface area contributed by atoms with E-state index < -0.39 is 17.6 Å². The maximum Gasteiger partial charge on any atom is 0.227 e. The van der Waals surface area contributed by atoms with Crippen molar-refractivity contribution in [2.75, 3.05) is 18.6 Å². The number of hydrogen-bond donors (Lipinski definition) is 0. The lowest BCUT2D eigenvalue weighted by atomic mass is 9.97. The predicted octanol–water partition coefficient (Wildman–Crippen LogP) is 2.76. The van der Waals surface area contributed by atoms with Crippen molar-refractivity contribution in [1.29, 1.82) is 5.26 Å². The Hall–Kier alpha value is -3.01. The van der Waals surface area contributed by atoms with Gasteiger partial charge in [-0.15, -0.1) is 0 Å². The first-order valence-electron chi connectivity index (χ1n) is 7.23. The number of rotatable bonds is 3. The summed E-state index contributed by atoms with van der Waals surface area (Å²) in [5, 5.41) is 9.11. The number of ether oxygens (including phenoxy) is 1. The number of anilines is 1. The first-order chi connectivity index (χ1) is 11.5. The topological polar surface area (TPSA) is 66.2 Å². The van der Waals surface area contributed by atoms with Gasteiger partial charge in [0.1, 0.15) is 23.5 Å². The van der Waals surface area contributed by atoms with Gasteiger partial charge in [-0.25, -0.2) is 13.8 Å². The second kappa shape index (κ2) is 6.24. The van der Waals surface area contributed by atoms with Crippen LogP contribution in [0.15, 0.2) is 30.5 Å². The van der Waals surface area contributed by atoms with Gasteiger partial charge in [0.15, 0.2) is 5.69 Å². The number of nitrogens with zero attached hydrogens (tertiary/aromatic N) is 3. The van der Waals surface area contributed by atoms with Crippen LogP contribution >= 0.6 is 0 Å². The molecule has 7 heteroatoms. The molecule has 0 spiro atoms. The Morgan fingerprint density at radius 1 is 1.38 bits per heavy atom. The lowest BCUT2D eigenvalue weighted by Gasteiger charge is -2.18. The number of benzene rings is 1. The Balaban J connectivity index is 1.95. The van der Waals surface area contributed by atoms with Gasteiger partial charge >= 0.3 is 0 Å². The zero-order valence-corrected chi connectivity index (χ0v) is 12.8. The Kier molecular flexibility index (Phi) is 4.13. The van der Waals surface area contributed by atoms with Crippen molar-refractivity contribution in [3.63, 3.8) is 0 Å².